The van der Waals surface area contributed by atoms with Crippen LogP contribution in [0.3, 0.4) is 0 Å². The molecule has 2 nitrogen and oxygen atoms in total. The van der Waals surface area contributed by atoms with Crippen LogP contribution in [0.25, 0.3) is 0 Å². The molecular formula is C9H14O2. The zero-order chi connectivity index (χ0) is 8.69. The predicted octanol–water partition coefficient (Wildman–Crippen LogP) is 2.26. The maximum Gasteiger partial charge on any atom is 0.311 e. The van der Waals surface area contributed by atoms with Gasteiger partial charge < -0.3 is 4.74 Å². The van der Waals surface area contributed by atoms with Crippen LogP contribution in [-0.2, 0) is 9.53 Å². The van der Waals surface area contributed by atoms with E-state index in [2.05, 4.69) is 10.5 Å². The molecule has 0 aliphatic carbocycles. The van der Waals surface area contributed by atoms with Crippen LogP contribution in [0.5, 0.6) is 0 Å². The number of allylic oxidation sites excluding steroid dienone is 1. The molecule has 0 bridgehead atoms. The molecule has 0 saturated carbocycles. The molecule has 0 N–H and O–H groups in total. The van der Waals surface area contributed by atoms with Gasteiger partial charge in [-0.05, 0) is 18.9 Å². The fraction of sp³-hybridized carbons (Fsp3) is 0.556. The van der Waals surface area contributed by atoms with Gasteiger partial charge in [0.1, 0.15) is 6.26 Å². The number of rotatable bonds is 3. The highest BCUT2D eigenvalue weighted by Gasteiger charge is 2.03. The summed E-state index contributed by atoms with van der Waals surface area (Å²) in [5.41, 5.74) is 2.66. The molecule has 0 aromatic heterocycles. The Morgan fingerprint density at radius 1 is 1.64 bits per heavy atom. The van der Waals surface area contributed by atoms with Crippen molar-refractivity contribution in [3.8, 4) is 0 Å². The normalized spacial score (nSPS) is 8.73. The van der Waals surface area contributed by atoms with Gasteiger partial charge in [0.05, 0.1) is 0 Å². The van der Waals surface area contributed by atoms with Gasteiger partial charge in [-0.1, -0.05) is 19.6 Å². The quantitative estimate of drug-likeness (QED) is 0.354. The maximum absolute atomic E-state index is 10.8. The second-order valence-electron chi connectivity index (χ2n) is 2.66. The first kappa shape index (κ1) is 9.99. The van der Waals surface area contributed by atoms with E-state index in [1.165, 1.54) is 6.26 Å². The number of ether oxygens (including phenoxy) is 1. The van der Waals surface area contributed by atoms with E-state index < -0.39 is 0 Å². The van der Waals surface area contributed by atoms with Gasteiger partial charge in [0, 0.05) is 6.42 Å². The number of carbonyl (C=O) groups is 1. The minimum Gasteiger partial charge on any atom is -0.426 e. The first-order valence-corrected chi connectivity index (χ1v) is 3.72. The molecule has 0 rings (SSSR count). The smallest absolute Gasteiger partial charge is 0.311 e. The summed E-state index contributed by atoms with van der Waals surface area (Å²) in [6, 6.07) is 0. The van der Waals surface area contributed by atoms with Crippen molar-refractivity contribution in [3.63, 3.8) is 0 Å². The van der Waals surface area contributed by atoms with Gasteiger partial charge in [0.2, 0.25) is 0 Å². The molecule has 0 heterocycles. The van der Waals surface area contributed by atoms with Crippen molar-refractivity contribution >= 4 is 5.97 Å². The first-order chi connectivity index (χ1) is 5.16. The van der Waals surface area contributed by atoms with Gasteiger partial charge in [0.25, 0.3) is 0 Å². The molecule has 0 unspecified atom stereocenters. The lowest BCUT2D eigenvalue weighted by atomic mass is 10.1. The summed E-state index contributed by atoms with van der Waals surface area (Å²) in [5, 5.41) is 0. The minimum absolute atomic E-state index is 0.200. The third-order valence-electron chi connectivity index (χ3n) is 1.000. The van der Waals surface area contributed by atoms with Crippen molar-refractivity contribution in [1.82, 2.24) is 0 Å². The van der Waals surface area contributed by atoms with Crippen LogP contribution in [0.15, 0.2) is 18.1 Å². The van der Waals surface area contributed by atoms with Gasteiger partial charge >= 0.3 is 5.97 Å². The van der Waals surface area contributed by atoms with Crippen molar-refractivity contribution in [2.75, 3.05) is 0 Å². The van der Waals surface area contributed by atoms with Crippen LogP contribution in [0, 0.1) is 5.92 Å². The average Bonchev–Trinajstić information content (AvgIpc) is 1.86. The van der Waals surface area contributed by atoms with Crippen molar-refractivity contribution in [3.05, 3.63) is 18.1 Å². The Hall–Kier alpha value is -1.01. The average molecular weight is 154 g/mol. The van der Waals surface area contributed by atoms with Crippen LogP contribution >= 0.6 is 0 Å². The third kappa shape index (κ3) is 6.88. The monoisotopic (exact) mass is 154 g/mol. The van der Waals surface area contributed by atoms with Crippen molar-refractivity contribution in [2.45, 2.75) is 27.2 Å². The molecule has 11 heavy (non-hydrogen) atoms. The van der Waals surface area contributed by atoms with Gasteiger partial charge in [-0.15, -0.1) is 0 Å². The molecule has 0 saturated heterocycles. The molecule has 0 radical (unpaired) electrons. The van der Waals surface area contributed by atoms with Crippen molar-refractivity contribution in [2.24, 2.45) is 5.92 Å². The van der Waals surface area contributed by atoms with E-state index in [0.29, 0.717) is 12.3 Å². The Morgan fingerprint density at radius 2 is 2.27 bits per heavy atom. The molecule has 0 aliphatic heterocycles. The summed E-state index contributed by atoms with van der Waals surface area (Å²) < 4.78 is 4.69. The lowest BCUT2D eigenvalue weighted by molar-refractivity contribution is -0.138. The second kappa shape index (κ2) is 5.75. The Morgan fingerprint density at radius 3 is 2.73 bits per heavy atom. The lowest BCUT2D eigenvalue weighted by Crippen LogP contribution is -2.03. The van der Waals surface area contributed by atoms with E-state index in [0.717, 1.165) is 0 Å². The highest BCUT2D eigenvalue weighted by atomic mass is 16.5. The maximum atomic E-state index is 10.8. The zero-order valence-corrected chi connectivity index (χ0v) is 7.26. The number of hydrogen-bond acceptors (Lipinski definition) is 2. The Balaban J connectivity index is 3.62. The van der Waals surface area contributed by atoms with Crippen molar-refractivity contribution < 1.29 is 9.53 Å². The third-order valence-corrected chi connectivity index (χ3v) is 1.000. The molecule has 62 valence electrons. The molecule has 0 fully saturated rings. The van der Waals surface area contributed by atoms with Gasteiger partial charge in [-0.25, -0.2) is 0 Å². The first-order valence-electron chi connectivity index (χ1n) is 3.72. The standard InChI is InChI=1S/C9H14O2/c1-4-5-6-11-9(10)7-8(2)3/h4,6,8H,7H2,1-3H3. The molecule has 0 aromatic carbocycles. The Kier molecular flexibility index (Phi) is 5.22. The highest BCUT2D eigenvalue weighted by Crippen LogP contribution is 2.00. The Labute approximate surface area is 67.6 Å². The summed E-state index contributed by atoms with van der Waals surface area (Å²) in [5.74, 6) is 0.149. The van der Waals surface area contributed by atoms with E-state index in [1.807, 2.05) is 20.8 Å². The molecule has 0 amide bonds. The molecule has 0 atom stereocenters. The fourth-order valence-corrected chi connectivity index (χ4v) is 0.549. The summed E-state index contributed by atoms with van der Waals surface area (Å²) in [6.45, 7) is 5.76. The number of hydrogen-bond donors (Lipinski definition) is 0. The second-order valence-corrected chi connectivity index (χ2v) is 2.66. The molecule has 0 spiro atoms. The van der Waals surface area contributed by atoms with Gasteiger partial charge in [-0.3, -0.25) is 4.79 Å². The topological polar surface area (TPSA) is 26.3 Å². The number of carbonyl (C=O) groups excluding carboxylic acids is 1. The van der Waals surface area contributed by atoms with E-state index in [-0.39, 0.29) is 5.97 Å². The summed E-state index contributed by atoms with van der Waals surface area (Å²) in [6.07, 6.45) is 3.43. The van der Waals surface area contributed by atoms with Crippen molar-refractivity contribution in [1.29, 1.82) is 0 Å². The summed E-state index contributed by atoms with van der Waals surface area (Å²) in [7, 11) is 0. The highest BCUT2D eigenvalue weighted by molar-refractivity contribution is 5.70. The van der Waals surface area contributed by atoms with E-state index >= 15 is 0 Å². The fourth-order valence-electron chi connectivity index (χ4n) is 0.549. The van der Waals surface area contributed by atoms with Crippen LogP contribution < -0.4 is 0 Å². The largest absolute Gasteiger partial charge is 0.426 e. The van der Waals surface area contributed by atoms with Crippen LogP contribution in [0.2, 0.25) is 0 Å². The molecule has 0 aliphatic rings. The summed E-state index contributed by atoms with van der Waals surface area (Å²) >= 11 is 0. The summed E-state index contributed by atoms with van der Waals surface area (Å²) in [4.78, 5) is 10.8. The van der Waals surface area contributed by atoms with Gasteiger partial charge in [-0.2, -0.15) is 0 Å². The minimum atomic E-state index is -0.200. The van der Waals surface area contributed by atoms with E-state index in [1.54, 1.807) is 6.08 Å². The van der Waals surface area contributed by atoms with E-state index in [4.69, 9.17) is 0 Å². The lowest BCUT2D eigenvalue weighted by Gasteiger charge is -1.99. The van der Waals surface area contributed by atoms with E-state index in [9.17, 15) is 4.79 Å². The zero-order valence-electron chi connectivity index (χ0n) is 7.26. The predicted molar refractivity (Wildman–Crippen MR) is 43.9 cm³/mol. The molecule has 2 heteroatoms. The van der Waals surface area contributed by atoms with Crippen LogP contribution in [0.1, 0.15) is 27.2 Å². The van der Waals surface area contributed by atoms with Crippen LogP contribution in [-0.4, -0.2) is 5.97 Å². The Bertz CT molecular complexity index is 174. The van der Waals surface area contributed by atoms with Crippen LogP contribution in [0.4, 0.5) is 0 Å². The SMILES string of the molecule is CC=C=COC(=O)CC(C)C. The molecule has 0 aromatic rings. The molecular weight excluding hydrogens is 140 g/mol. The van der Waals surface area contributed by atoms with Gasteiger partial charge in [0.15, 0.2) is 0 Å². The number of esters is 1.